The lowest BCUT2D eigenvalue weighted by molar-refractivity contribution is -0.133. The van der Waals surface area contributed by atoms with Crippen molar-refractivity contribution in [2.45, 2.75) is 25.6 Å². The van der Waals surface area contributed by atoms with Crippen LogP contribution in [0.3, 0.4) is 0 Å². The normalized spacial score (nSPS) is 15.8. The van der Waals surface area contributed by atoms with Gasteiger partial charge in [0.2, 0.25) is 0 Å². The van der Waals surface area contributed by atoms with Crippen LogP contribution in [0, 0.1) is 23.7 Å². The molecule has 1 aliphatic rings. The van der Waals surface area contributed by atoms with Crippen molar-refractivity contribution in [1.82, 2.24) is 20.6 Å². The van der Waals surface area contributed by atoms with Crippen molar-refractivity contribution in [2.75, 3.05) is 33.2 Å². The molecular weight excluding hydrogens is 436 g/mol. The molecule has 0 spiro atoms. The second kappa shape index (κ2) is 12.0. The minimum absolute atomic E-state index is 0.275. The van der Waals surface area contributed by atoms with Crippen molar-refractivity contribution in [3.05, 3.63) is 59.0 Å². The quantitative estimate of drug-likeness (QED) is 0.278. The Labute approximate surface area is 198 Å². The maximum Gasteiger partial charge on any atom is 0.268 e. The highest BCUT2D eigenvalue weighted by Gasteiger charge is 2.25. The number of benzene rings is 1. The number of hydroxylamine groups is 1. The molecule has 0 radical (unpaired) electrons. The molecule has 34 heavy (non-hydrogen) atoms. The van der Waals surface area contributed by atoms with Crippen LogP contribution in [0.25, 0.3) is 0 Å². The SMILES string of the molecule is C[C@@H](O)[C@H](NC(=O)c1ccc(C#CC#Cc2ccc(CN3CCN(C)CC3)o2)cc1)C(=O)NO. The number of hydrogen-bond acceptors (Lipinski definition) is 7. The number of likely N-dealkylation sites (N-methyl/N-ethyl adjacent to an activating group) is 1. The fourth-order valence-electron chi connectivity index (χ4n) is 3.36. The molecule has 0 bridgehead atoms. The van der Waals surface area contributed by atoms with E-state index in [-0.39, 0.29) is 5.56 Å². The number of nitrogens with zero attached hydrogens (tertiary/aromatic N) is 2. The Balaban J connectivity index is 1.54. The summed E-state index contributed by atoms with van der Waals surface area (Å²) in [5.74, 6) is 11.3. The topological polar surface area (TPSA) is 118 Å². The van der Waals surface area contributed by atoms with Gasteiger partial charge < -0.3 is 19.7 Å². The average molecular weight is 465 g/mol. The predicted molar refractivity (Wildman–Crippen MR) is 125 cm³/mol. The molecular formula is C25H28N4O5. The molecule has 1 saturated heterocycles. The predicted octanol–water partition coefficient (Wildman–Crippen LogP) is 0.415. The molecule has 1 aliphatic heterocycles. The summed E-state index contributed by atoms with van der Waals surface area (Å²) < 4.78 is 5.78. The summed E-state index contributed by atoms with van der Waals surface area (Å²) >= 11 is 0. The smallest absolute Gasteiger partial charge is 0.268 e. The maximum absolute atomic E-state index is 12.3. The van der Waals surface area contributed by atoms with Crippen LogP contribution in [-0.4, -0.2) is 77.3 Å². The van der Waals surface area contributed by atoms with E-state index >= 15 is 0 Å². The Morgan fingerprint density at radius 1 is 1.06 bits per heavy atom. The van der Waals surface area contributed by atoms with Gasteiger partial charge in [-0.3, -0.25) is 19.7 Å². The number of aliphatic hydroxyl groups is 1. The summed E-state index contributed by atoms with van der Waals surface area (Å²) in [5, 5.41) is 20.7. The fourth-order valence-corrected chi connectivity index (χ4v) is 3.36. The third-order valence-electron chi connectivity index (χ3n) is 5.40. The lowest BCUT2D eigenvalue weighted by atomic mass is 10.1. The largest absolute Gasteiger partial charge is 0.451 e. The van der Waals surface area contributed by atoms with Gasteiger partial charge in [-0.1, -0.05) is 5.92 Å². The molecule has 4 N–H and O–H groups in total. The number of furan rings is 1. The van der Waals surface area contributed by atoms with Crippen LogP contribution in [0.4, 0.5) is 0 Å². The molecule has 9 nitrogen and oxygen atoms in total. The minimum Gasteiger partial charge on any atom is -0.451 e. The maximum atomic E-state index is 12.3. The number of hydrogen-bond donors (Lipinski definition) is 4. The molecule has 1 aromatic heterocycles. The zero-order valence-electron chi connectivity index (χ0n) is 19.2. The molecule has 9 heteroatoms. The zero-order chi connectivity index (χ0) is 24.5. The van der Waals surface area contributed by atoms with E-state index in [0.717, 1.165) is 38.5 Å². The van der Waals surface area contributed by atoms with E-state index in [0.29, 0.717) is 11.3 Å². The van der Waals surface area contributed by atoms with Gasteiger partial charge in [-0.2, -0.15) is 0 Å². The number of amides is 2. The van der Waals surface area contributed by atoms with Crippen LogP contribution in [-0.2, 0) is 11.3 Å². The van der Waals surface area contributed by atoms with Crippen molar-refractivity contribution in [3.8, 4) is 23.7 Å². The molecule has 1 fully saturated rings. The first kappa shape index (κ1) is 25.0. The Morgan fingerprint density at radius 2 is 1.74 bits per heavy atom. The van der Waals surface area contributed by atoms with E-state index in [9.17, 15) is 14.7 Å². The van der Waals surface area contributed by atoms with Gasteiger partial charge in [0.15, 0.2) is 5.76 Å². The standard InChI is InChI=1S/C25H28N4O5/c1-18(30)23(25(32)27-33)26-24(31)20-9-7-19(8-10-20)5-3-4-6-21-11-12-22(34-21)17-29-15-13-28(2)14-16-29/h7-12,18,23,30,33H,13-17H2,1-2H3,(H,26,31)(H,27,32)/t18-,23+/m1/s1. The monoisotopic (exact) mass is 464 g/mol. The van der Waals surface area contributed by atoms with Crippen LogP contribution < -0.4 is 10.8 Å². The number of nitrogens with one attached hydrogen (secondary N) is 2. The van der Waals surface area contributed by atoms with Gasteiger partial charge in [-0.25, -0.2) is 5.48 Å². The first-order chi connectivity index (χ1) is 16.4. The van der Waals surface area contributed by atoms with Crippen LogP contribution >= 0.6 is 0 Å². The fraction of sp³-hybridized carbons (Fsp3) is 0.360. The van der Waals surface area contributed by atoms with Gasteiger partial charge in [0.25, 0.3) is 11.8 Å². The summed E-state index contributed by atoms with van der Waals surface area (Å²) in [6.45, 7) is 6.24. The zero-order valence-corrected chi connectivity index (χ0v) is 19.2. The summed E-state index contributed by atoms with van der Waals surface area (Å²) in [5.41, 5.74) is 2.35. The van der Waals surface area contributed by atoms with Gasteiger partial charge in [-0.15, -0.1) is 0 Å². The van der Waals surface area contributed by atoms with Gasteiger partial charge in [0.05, 0.1) is 12.6 Å². The van der Waals surface area contributed by atoms with E-state index in [1.54, 1.807) is 24.3 Å². The Bertz CT molecular complexity index is 1110. The molecule has 2 heterocycles. The van der Waals surface area contributed by atoms with Gasteiger partial charge >= 0.3 is 0 Å². The molecule has 1 aromatic carbocycles. The second-order valence-corrected chi connectivity index (χ2v) is 8.09. The molecule has 2 amide bonds. The number of piperazine rings is 1. The lowest BCUT2D eigenvalue weighted by Gasteiger charge is -2.31. The first-order valence-electron chi connectivity index (χ1n) is 10.9. The van der Waals surface area contributed by atoms with Crippen molar-refractivity contribution >= 4 is 11.8 Å². The Kier molecular flexibility index (Phi) is 8.86. The summed E-state index contributed by atoms with van der Waals surface area (Å²) in [7, 11) is 2.12. The van der Waals surface area contributed by atoms with Gasteiger partial charge in [0.1, 0.15) is 11.8 Å². The van der Waals surface area contributed by atoms with Gasteiger partial charge in [0, 0.05) is 37.3 Å². The van der Waals surface area contributed by atoms with E-state index < -0.39 is 24.0 Å². The van der Waals surface area contributed by atoms with Crippen LogP contribution in [0.1, 0.15) is 34.4 Å². The van der Waals surface area contributed by atoms with E-state index in [2.05, 4.69) is 45.8 Å². The van der Waals surface area contributed by atoms with Crippen molar-refractivity contribution in [2.24, 2.45) is 0 Å². The van der Waals surface area contributed by atoms with Crippen LogP contribution in [0.15, 0.2) is 40.8 Å². The van der Waals surface area contributed by atoms with E-state index in [4.69, 9.17) is 9.62 Å². The molecule has 178 valence electrons. The van der Waals surface area contributed by atoms with E-state index in [1.165, 1.54) is 12.4 Å². The van der Waals surface area contributed by atoms with Crippen molar-refractivity contribution in [1.29, 1.82) is 0 Å². The van der Waals surface area contributed by atoms with Crippen LogP contribution in [0.2, 0.25) is 0 Å². The summed E-state index contributed by atoms with van der Waals surface area (Å²) in [4.78, 5) is 28.5. The number of aliphatic hydroxyl groups excluding tert-OH is 1. The molecule has 0 saturated carbocycles. The van der Waals surface area contributed by atoms with Crippen LogP contribution in [0.5, 0.6) is 0 Å². The second-order valence-electron chi connectivity index (χ2n) is 8.09. The first-order valence-corrected chi connectivity index (χ1v) is 10.9. The molecule has 2 aromatic rings. The third kappa shape index (κ3) is 7.20. The summed E-state index contributed by atoms with van der Waals surface area (Å²) in [6.07, 6.45) is -1.18. The number of carbonyl (C=O) groups excluding carboxylic acids is 2. The Morgan fingerprint density at radius 3 is 2.38 bits per heavy atom. The number of rotatable bonds is 6. The molecule has 3 rings (SSSR count). The number of carbonyl (C=O) groups is 2. The Hall–Kier alpha value is -3.60. The van der Waals surface area contributed by atoms with Crippen molar-refractivity contribution < 1.29 is 24.3 Å². The highest BCUT2D eigenvalue weighted by atomic mass is 16.5. The van der Waals surface area contributed by atoms with Crippen molar-refractivity contribution in [3.63, 3.8) is 0 Å². The minimum atomic E-state index is -1.28. The highest BCUT2D eigenvalue weighted by Crippen LogP contribution is 2.11. The molecule has 2 atom stereocenters. The highest BCUT2D eigenvalue weighted by molar-refractivity contribution is 5.97. The molecule has 0 aliphatic carbocycles. The molecule has 0 unspecified atom stereocenters. The third-order valence-corrected chi connectivity index (χ3v) is 5.40. The average Bonchev–Trinajstić information content (AvgIpc) is 3.28. The summed E-state index contributed by atoms with van der Waals surface area (Å²) in [6, 6.07) is 8.87. The van der Waals surface area contributed by atoms with E-state index in [1.807, 2.05) is 12.1 Å². The lowest BCUT2D eigenvalue weighted by Crippen LogP contribution is -2.51. The van der Waals surface area contributed by atoms with Gasteiger partial charge in [-0.05, 0) is 68.1 Å².